The van der Waals surface area contributed by atoms with Crippen LogP contribution >= 0.6 is 27.5 Å². The molecule has 0 saturated carbocycles. The first-order valence-corrected chi connectivity index (χ1v) is 10.0. The van der Waals surface area contributed by atoms with E-state index in [1.807, 2.05) is 79.7 Å². The minimum Gasteiger partial charge on any atom is -0.378 e. The van der Waals surface area contributed by atoms with Gasteiger partial charge in [0.05, 0.1) is 15.7 Å². The Kier molecular flexibility index (Phi) is 5.62. The van der Waals surface area contributed by atoms with Crippen molar-refractivity contribution in [3.63, 3.8) is 0 Å². The Morgan fingerprint density at radius 2 is 1.56 bits per heavy atom. The summed E-state index contributed by atoms with van der Waals surface area (Å²) in [5.41, 5.74) is 2.94. The van der Waals surface area contributed by atoms with E-state index in [0.717, 1.165) is 31.1 Å². The SMILES string of the molecule is CN(C)c1ccc(S(=O)c2ccc(Cl)cc2-c2ccc(Br)cc2)cc1. The summed E-state index contributed by atoms with van der Waals surface area (Å²) in [5, 5.41) is 0.627. The van der Waals surface area contributed by atoms with Crippen LogP contribution in [0.3, 0.4) is 0 Å². The van der Waals surface area contributed by atoms with Crippen molar-refractivity contribution in [1.82, 2.24) is 0 Å². The van der Waals surface area contributed by atoms with Crippen molar-refractivity contribution >= 4 is 44.0 Å². The van der Waals surface area contributed by atoms with Crippen molar-refractivity contribution in [2.45, 2.75) is 9.79 Å². The predicted molar refractivity (Wildman–Crippen MR) is 110 cm³/mol. The maximum Gasteiger partial charge on any atom is 0.0855 e. The number of hydrogen-bond acceptors (Lipinski definition) is 2. The van der Waals surface area contributed by atoms with E-state index in [2.05, 4.69) is 15.9 Å². The van der Waals surface area contributed by atoms with E-state index in [-0.39, 0.29) is 0 Å². The van der Waals surface area contributed by atoms with Gasteiger partial charge in [0.2, 0.25) is 0 Å². The molecule has 0 bridgehead atoms. The van der Waals surface area contributed by atoms with Gasteiger partial charge in [-0.3, -0.25) is 0 Å². The average Bonchev–Trinajstić information content (AvgIpc) is 2.62. The fourth-order valence-corrected chi connectivity index (χ4v) is 4.16. The lowest BCUT2D eigenvalue weighted by atomic mass is 10.1. The van der Waals surface area contributed by atoms with Gasteiger partial charge >= 0.3 is 0 Å². The molecule has 128 valence electrons. The average molecular weight is 435 g/mol. The zero-order valence-corrected chi connectivity index (χ0v) is 17.0. The van der Waals surface area contributed by atoms with Gasteiger partial charge in [-0.15, -0.1) is 0 Å². The third-order valence-corrected chi connectivity index (χ3v) is 6.08. The second kappa shape index (κ2) is 7.73. The molecule has 3 aromatic carbocycles. The van der Waals surface area contributed by atoms with Crippen LogP contribution in [0.4, 0.5) is 5.69 Å². The highest BCUT2D eigenvalue weighted by Gasteiger charge is 2.14. The van der Waals surface area contributed by atoms with E-state index in [0.29, 0.717) is 5.02 Å². The smallest absolute Gasteiger partial charge is 0.0855 e. The second-order valence-corrected chi connectivity index (χ2v) is 8.61. The molecule has 5 heteroatoms. The van der Waals surface area contributed by atoms with Crippen molar-refractivity contribution in [3.05, 3.63) is 76.2 Å². The van der Waals surface area contributed by atoms with Crippen LogP contribution in [-0.2, 0) is 10.8 Å². The fourth-order valence-electron chi connectivity index (χ4n) is 2.51. The van der Waals surface area contributed by atoms with Gasteiger partial charge in [-0.05, 0) is 65.7 Å². The summed E-state index contributed by atoms with van der Waals surface area (Å²) in [6.45, 7) is 0. The van der Waals surface area contributed by atoms with Crippen LogP contribution in [0.5, 0.6) is 0 Å². The van der Waals surface area contributed by atoms with E-state index >= 15 is 0 Å². The van der Waals surface area contributed by atoms with E-state index in [1.54, 1.807) is 6.07 Å². The molecule has 2 nitrogen and oxygen atoms in total. The third kappa shape index (κ3) is 4.14. The minimum atomic E-state index is -1.28. The molecule has 1 atom stereocenters. The molecule has 0 aliphatic heterocycles. The summed E-state index contributed by atoms with van der Waals surface area (Å²) in [6, 6.07) is 21.2. The Morgan fingerprint density at radius 1 is 0.920 bits per heavy atom. The summed E-state index contributed by atoms with van der Waals surface area (Å²) in [7, 11) is 2.68. The van der Waals surface area contributed by atoms with Crippen LogP contribution in [0, 0.1) is 0 Å². The summed E-state index contributed by atoms with van der Waals surface area (Å²) in [6.07, 6.45) is 0. The number of benzene rings is 3. The van der Waals surface area contributed by atoms with Crippen molar-refractivity contribution < 1.29 is 4.21 Å². The largest absolute Gasteiger partial charge is 0.378 e. The summed E-state index contributed by atoms with van der Waals surface area (Å²) < 4.78 is 14.1. The number of halogens is 2. The monoisotopic (exact) mass is 433 g/mol. The number of nitrogens with zero attached hydrogens (tertiary/aromatic N) is 1. The highest BCUT2D eigenvalue weighted by molar-refractivity contribution is 9.10. The number of hydrogen-bond donors (Lipinski definition) is 0. The van der Waals surface area contributed by atoms with E-state index < -0.39 is 10.8 Å². The maximum atomic E-state index is 13.1. The molecule has 0 radical (unpaired) electrons. The molecule has 1 unspecified atom stereocenters. The molecule has 0 fully saturated rings. The van der Waals surface area contributed by atoms with Crippen LogP contribution < -0.4 is 4.90 Å². The maximum absolute atomic E-state index is 13.1. The normalized spacial score (nSPS) is 12.0. The van der Waals surface area contributed by atoms with Crippen molar-refractivity contribution in [1.29, 1.82) is 0 Å². The first-order valence-electron chi connectivity index (χ1n) is 7.70. The van der Waals surface area contributed by atoms with Crippen LogP contribution in [0.1, 0.15) is 0 Å². The minimum absolute atomic E-state index is 0.627. The van der Waals surface area contributed by atoms with Crippen LogP contribution in [-0.4, -0.2) is 18.3 Å². The van der Waals surface area contributed by atoms with Gasteiger partial charge in [0.15, 0.2) is 0 Å². The molecule has 0 aromatic heterocycles. The Balaban J connectivity index is 2.04. The van der Waals surface area contributed by atoms with E-state index in [1.165, 1.54) is 0 Å². The molecule has 3 aromatic rings. The molecule has 3 rings (SSSR count). The Bertz CT molecular complexity index is 908. The van der Waals surface area contributed by atoms with Gasteiger partial charge in [0, 0.05) is 34.2 Å². The second-order valence-electron chi connectivity index (χ2n) is 5.80. The quantitative estimate of drug-likeness (QED) is 0.502. The predicted octanol–water partition coefficient (Wildman–Crippen LogP) is 6.00. The summed E-state index contributed by atoms with van der Waals surface area (Å²) in [4.78, 5) is 3.54. The van der Waals surface area contributed by atoms with Crippen LogP contribution in [0.15, 0.2) is 81.0 Å². The third-order valence-electron chi connectivity index (χ3n) is 3.86. The molecule has 0 saturated heterocycles. The molecule has 0 N–H and O–H groups in total. The fraction of sp³-hybridized carbons (Fsp3) is 0.100. The van der Waals surface area contributed by atoms with Crippen molar-refractivity contribution in [3.8, 4) is 11.1 Å². The highest BCUT2D eigenvalue weighted by Crippen LogP contribution is 2.32. The lowest BCUT2D eigenvalue weighted by Crippen LogP contribution is -2.08. The molecule has 25 heavy (non-hydrogen) atoms. The zero-order valence-electron chi connectivity index (χ0n) is 13.9. The lowest BCUT2D eigenvalue weighted by Gasteiger charge is -2.14. The van der Waals surface area contributed by atoms with Crippen molar-refractivity contribution in [2.24, 2.45) is 0 Å². The molecule has 0 spiro atoms. The topological polar surface area (TPSA) is 20.3 Å². The van der Waals surface area contributed by atoms with Gasteiger partial charge in [-0.1, -0.05) is 39.7 Å². The lowest BCUT2D eigenvalue weighted by molar-refractivity contribution is 0.683. The van der Waals surface area contributed by atoms with Crippen LogP contribution in [0.2, 0.25) is 5.02 Å². The zero-order chi connectivity index (χ0) is 18.0. The highest BCUT2D eigenvalue weighted by atomic mass is 79.9. The van der Waals surface area contributed by atoms with Gasteiger partial charge in [-0.25, -0.2) is 4.21 Å². The van der Waals surface area contributed by atoms with Gasteiger partial charge < -0.3 is 4.90 Å². The molecule has 0 aliphatic rings. The number of anilines is 1. The van der Waals surface area contributed by atoms with E-state index in [4.69, 9.17) is 11.6 Å². The van der Waals surface area contributed by atoms with Crippen LogP contribution in [0.25, 0.3) is 11.1 Å². The number of rotatable bonds is 4. The standard InChI is InChI=1S/C20H17BrClNOS/c1-23(2)17-8-10-18(11-9-17)25(24)20-12-7-16(22)13-19(20)14-3-5-15(21)6-4-14/h3-13H,1-2H3. The molecule has 0 heterocycles. The molecular formula is C20H17BrClNOS. The van der Waals surface area contributed by atoms with Gasteiger partial charge in [-0.2, -0.15) is 0 Å². The van der Waals surface area contributed by atoms with Gasteiger partial charge in [0.25, 0.3) is 0 Å². The molecule has 0 aliphatic carbocycles. The molecule has 0 amide bonds. The Hall–Kier alpha value is -1.62. The van der Waals surface area contributed by atoms with Crippen molar-refractivity contribution in [2.75, 3.05) is 19.0 Å². The Labute approximate surface area is 164 Å². The van der Waals surface area contributed by atoms with Gasteiger partial charge in [0.1, 0.15) is 0 Å². The Morgan fingerprint density at radius 3 is 2.16 bits per heavy atom. The van der Waals surface area contributed by atoms with E-state index in [9.17, 15) is 4.21 Å². The summed E-state index contributed by atoms with van der Waals surface area (Å²) in [5.74, 6) is 0. The molecular weight excluding hydrogens is 418 g/mol. The summed E-state index contributed by atoms with van der Waals surface area (Å²) >= 11 is 9.64. The first-order chi connectivity index (χ1) is 12.0. The first kappa shape index (κ1) is 18.2.